The highest BCUT2D eigenvalue weighted by atomic mass is 31.1. The number of aryl methyl sites for hydroxylation is 1. The summed E-state index contributed by atoms with van der Waals surface area (Å²) in [4.78, 5) is 12.2. The Kier molecular flexibility index (Phi) is 6.93. The third-order valence-corrected chi connectivity index (χ3v) is 3.45. The highest BCUT2D eigenvalue weighted by Crippen LogP contribution is 2.29. The van der Waals surface area contributed by atoms with Gasteiger partial charge >= 0.3 is 5.53 Å². The van der Waals surface area contributed by atoms with E-state index in [1.807, 2.05) is 0 Å². The molecule has 0 amide bonds. The molecule has 1 aromatic carbocycles. The number of halogens is 1. The second-order valence-electron chi connectivity index (χ2n) is 4.09. The van der Waals surface area contributed by atoms with Crippen LogP contribution in [0.1, 0.15) is 25.8 Å². The van der Waals surface area contributed by atoms with Crippen molar-refractivity contribution >= 4 is 14.2 Å². The first-order valence-electron chi connectivity index (χ1n) is 6.48. The molecule has 0 bridgehead atoms. The Morgan fingerprint density at radius 1 is 1.20 bits per heavy atom. The van der Waals surface area contributed by atoms with Crippen molar-refractivity contribution in [1.29, 1.82) is 0 Å². The molecule has 0 N–H and O–H groups in total. The van der Waals surface area contributed by atoms with Gasteiger partial charge in [0.2, 0.25) is 14.2 Å². The van der Waals surface area contributed by atoms with E-state index in [9.17, 15) is 13.8 Å². The maximum absolute atomic E-state index is 12.8. The average Bonchev–Trinajstić information content (AvgIpc) is 2.46. The van der Waals surface area contributed by atoms with Gasteiger partial charge in [-0.3, -0.25) is 9.36 Å². The SMILES string of the molecule is CCOC(OCC)(P=O)C(=O)CCc1ccc(F)cc1. The number of rotatable bonds is 9. The number of carbonyl (C=O) groups excluding carboxylic acids is 1. The summed E-state index contributed by atoms with van der Waals surface area (Å²) in [5.74, 6) is -0.710. The molecule has 20 heavy (non-hydrogen) atoms. The Balaban J connectivity index is 2.70. The van der Waals surface area contributed by atoms with E-state index in [0.29, 0.717) is 6.42 Å². The molecule has 0 atom stereocenters. The smallest absolute Gasteiger partial charge is 0.312 e. The van der Waals surface area contributed by atoms with Crippen LogP contribution in [0, 0.1) is 5.82 Å². The van der Waals surface area contributed by atoms with Crippen LogP contribution in [0.4, 0.5) is 4.39 Å². The quantitative estimate of drug-likeness (QED) is 0.518. The van der Waals surface area contributed by atoms with Crippen molar-refractivity contribution in [2.75, 3.05) is 13.2 Å². The topological polar surface area (TPSA) is 52.6 Å². The summed E-state index contributed by atoms with van der Waals surface area (Å²) in [7, 11) is -0.509. The molecule has 0 saturated carbocycles. The fourth-order valence-corrected chi connectivity index (χ4v) is 2.34. The standard InChI is InChI=1S/C14H18FO4P/c1-3-18-14(20-17,19-4-2)13(16)10-7-11-5-8-12(15)9-6-11/h5-6,8-9H,3-4,7,10H2,1-2H3. The molecule has 0 spiro atoms. The van der Waals surface area contributed by atoms with Crippen LogP contribution in [0.3, 0.4) is 0 Å². The van der Waals surface area contributed by atoms with E-state index in [1.54, 1.807) is 26.0 Å². The lowest BCUT2D eigenvalue weighted by atomic mass is 10.1. The molecule has 0 aromatic heterocycles. The van der Waals surface area contributed by atoms with Gasteiger partial charge in [0.15, 0.2) is 0 Å². The predicted octanol–water partition coefficient (Wildman–Crippen LogP) is 3.35. The maximum atomic E-state index is 12.8. The number of hydrogen-bond donors (Lipinski definition) is 0. The molecule has 0 fully saturated rings. The number of ketones is 1. The Morgan fingerprint density at radius 2 is 1.75 bits per heavy atom. The highest BCUT2D eigenvalue weighted by Gasteiger charge is 2.41. The van der Waals surface area contributed by atoms with E-state index in [2.05, 4.69) is 0 Å². The van der Waals surface area contributed by atoms with E-state index in [1.165, 1.54) is 12.1 Å². The zero-order valence-corrected chi connectivity index (χ0v) is 12.5. The van der Waals surface area contributed by atoms with Gasteiger partial charge < -0.3 is 9.47 Å². The van der Waals surface area contributed by atoms with E-state index in [-0.39, 0.29) is 31.2 Å². The summed E-state index contributed by atoms with van der Waals surface area (Å²) in [6.07, 6.45) is 0.525. The third kappa shape index (κ3) is 4.44. The minimum absolute atomic E-state index is 0.112. The fraction of sp³-hybridized carbons (Fsp3) is 0.500. The van der Waals surface area contributed by atoms with Crippen LogP contribution in [0.15, 0.2) is 24.3 Å². The van der Waals surface area contributed by atoms with Gasteiger partial charge in [0, 0.05) is 19.6 Å². The van der Waals surface area contributed by atoms with Crippen molar-refractivity contribution in [3.63, 3.8) is 0 Å². The highest BCUT2D eigenvalue weighted by molar-refractivity contribution is 7.27. The minimum atomic E-state index is -1.72. The fourth-order valence-electron chi connectivity index (χ4n) is 1.76. The molecule has 110 valence electrons. The molecule has 0 aliphatic rings. The molecular weight excluding hydrogens is 282 g/mol. The number of carbonyl (C=O) groups is 1. The summed E-state index contributed by atoms with van der Waals surface area (Å²) >= 11 is 0. The molecule has 1 aromatic rings. The van der Waals surface area contributed by atoms with E-state index >= 15 is 0 Å². The van der Waals surface area contributed by atoms with Crippen LogP contribution in [-0.4, -0.2) is 24.5 Å². The number of benzene rings is 1. The lowest BCUT2D eigenvalue weighted by molar-refractivity contribution is -0.184. The maximum Gasteiger partial charge on any atom is 0.312 e. The van der Waals surface area contributed by atoms with Crippen molar-refractivity contribution in [3.8, 4) is 0 Å². The molecular formula is C14H18FO4P. The summed E-state index contributed by atoms with van der Waals surface area (Å²) < 4.78 is 34.5. The molecule has 6 heteroatoms. The summed E-state index contributed by atoms with van der Waals surface area (Å²) in [5.41, 5.74) is -0.895. The van der Waals surface area contributed by atoms with Crippen LogP contribution < -0.4 is 0 Å². The molecule has 0 heterocycles. The summed E-state index contributed by atoms with van der Waals surface area (Å²) in [6, 6.07) is 5.90. The van der Waals surface area contributed by atoms with Gasteiger partial charge in [-0.15, -0.1) is 0 Å². The van der Waals surface area contributed by atoms with Crippen molar-refractivity contribution in [3.05, 3.63) is 35.6 Å². The zero-order chi connectivity index (χ0) is 15.0. The van der Waals surface area contributed by atoms with Gasteiger partial charge in [0.05, 0.1) is 0 Å². The van der Waals surface area contributed by atoms with Gasteiger partial charge in [-0.05, 0) is 38.0 Å². The number of hydrogen-bond acceptors (Lipinski definition) is 4. The zero-order valence-electron chi connectivity index (χ0n) is 11.6. The molecule has 0 aliphatic carbocycles. The van der Waals surface area contributed by atoms with E-state index in [0.717, 1.165) is 5.56 Å². The van der Waals surface area contributed by atoms with Crippen molar-refractivity contribution in [2.24, 2.45) is 0 Å². The lowest BCUT2D eigenvalue weighted by Crippen LogP contribution is -2.39. The molecule has 0 saturated heterocycles. The van der Waals surface area contributed by atoms with Gasteiger partial charge in [-0.2, -0.15) is 0 Å². The van der Waals surface area contributed by atoms with Gasteiger partial charge in [0.25, 0.3) is 0 Å². The Bertz CT molecular complexity index is 441. The van der Waals surface area contributed by atoms with Crippen molar-refractivity contribution in [2.45, 2.75) is 32.2 Å². The van der Waals surface area contributed by atoms with Crippen molar-refractivity contribution < 1.29 is 23.2 Å². The van der Waals surface area contributed by atoms with Gasteiger partial charge in [-0.25, -0.2) is 4.39 Å². The van der Waals surface area contributed by atoms with E-state index in [4.69, 9.17) is 9.47 Å². The van der Waals surface area contributed by atoms with E-state index < -0.39 is 14.0 Å². The predicted molar refractivity (Wildman–Crippen MR) is 73.3 cm³/mol. The second-order valence-corrected chi connectivity index (χ2v) is 4.86. The average molecular weight is 300 g/mol. The molecule has 0 aliphatic heterocycles. The molecule has 4 nitrogen and oxygen atoms in total. The van der Waals surface area contributed by atoms with Crippen LogP contribution in [0.2, 0.25) is 0 Å². The first kappa shape index (κ1) is 16.9. The first-order valence-corrected chi connectivity index (χ1v) is 7.29. The number of ether oxygens (including phenoxy) is 2. The van der Waals surface area contributed by atoms with Crippen LogP contribution in [0.25, 0.3) is 0 Å². The molecule has 0 unspecified atom stereocenters. The number of Topliss-reactive ketones (excluding diaryl/α,β-unsaturated/α-hetero) is 1. The second kappa shape index (κ2) is 8.20. The van der Waals surface area contributed by atoms with Gasteiger partial charge in [0.1, 0.15) is 5.82 Å². The largest absolute Gasteiger partial charge is 0.335 e. The van der Waals surface area contributed by atoms with Crippen molar-refractivity contribution in [1.82, 2.24) is 0 Å². The normalized spacial score (nSPS) is 11.8. The summed E-state index contributed by atoms with van der Waals surface area (Å²) in [5, 5.41) is 0. The van der Waals surface area contributed by atoms with Crippen LogP contribution in [0.5, 0.6) is 0 Å². The lowest BCUT2D eigenvalue weighted by Gasteiger charge is -2.24. The molecule has 1 rings (SSSR count). The Hall–Kier alpha value is -1.16. The van der Waals surface area contributed by atoms with Crippen LogP contribution in [-0.2, 0) is 25.3 Å². The Morgan fingerprint density at radius 3 is 2.20 bits per heavy atom. The third-order valence-electron chi connectivity index (χ3n) is 2.71. The Labute approximate surface area is 119 Å². The van der Waals surface area contributed by atoms with Gasteiger partial charge in [-0.1, -0.05) is 12.1 Å². The summed E-state index contributed by atoms with van der Waals surface area (Å²) in [6.45, 7) is 3.84. The molecule has 0 radical (unpaired) electrons. The monoisotopic (exact) mass is 300 g/mol. The van der Waals surface area contributed by atoms with Crippen LogP contribution >= 0.6 is 8.46 Å². The first-order chi connectivity index (χ1) is 9.57. The minimum Gasteiger partial charge on any atom is -0.335 e.